The van der Waals surface area contributed by atoms with Crippen LogP contribution in [0.5, 0.6) is 0 Å². The minimum Gasteiger partial charge on any atom is -0.392 e. The van der Waals surface area contributed by atoms with E-state index < -0.39 is 6.10 Å². The van der Waals surface area contributed by atoms with Gasteiger partial charge in [-0.15, -0.1) is 0 Å². The summed E-state index contributed by atoms with van der Waals surface area (Å²) in [5.74, 6) is -0.125. The number of hydrogen-bond donors (Lipinski definition) is 1. The number of aliphatic hydroxyl groups is 1. The van der Waals surface area contributed by atoms with E-state index in [0.29, 0.717) is 35.6 Å². The first-order valence-corrected chi connectivity index (χ1v) is 6.99. The number of nitrogens with zero attached hydrogens (tertiary/aromatic N) is 2. The van der Waals surface area contributed by atoms with Crippen LogP contribution in [0.4, 0.5) is 4.39 Å². The first kappa shape index (κ1) is 13.7. The van der Waals surface area contributed by atoms with Crippen LogP contribution in [-0.4, -0.2) is 34.6 Å². The Bertz CT molecular complexity index is 619. The first-order chi connectivity index (χ1) is 9.65. The standard InChI is InChI=1S/C13H12BrFN2O3/c14-10-2-1-7(15)5-8(10)12-16-13(20-17-12)9-6-19-4-3-11(9)18/h1-2,5,9,11,18H,3-4,6H2. The number of benzene rings is 1. The van der Waals surface area contributed by atoms with Gasteiger partial charge in [0.25, 0.3) is 0 Å². The lowest BCUT2D eigenvalue weighted by Gasteiger charge is -2.24. The Morgan fingerprint density at radius 1 is 1.40 bits per heavy atom. The van der Waals surface area contributed by atoms with Crippen molar-refractivity contribution in [3.05, 3.63) is 34.4 Å². The van der Waals surface area contributed by atoms with Crippen LogP contribution in [0, 0.1) is 5.82 Å². The van der Waals surface area contributed by atoms with Gasteiger partial charge in [0.1, 0.15) is 5.82 Å². The molecule has 5 nitrogen and oxygen atoms in total. The predicted octanol–water partition coefficient (Wildman–Crippen LogP) is 2.50. The summed E-state index contributed by atoms with van der Waals surface area (Å²) in [6, 6.07) is 4.25. The van der Waals surface area contributed by atoms with E-state index in [9.17, 15) is 9.50 Å². The van der Waals surface area contributed by atoms with Crippen molar-refractivity contribution in [3.8, 4) is 11.4 Å². The van der Waals surface area contributed by atoms with E-state index in [1.807, 2.05) is 0 Å². The molecule has 1 aliphatic heterocycles. The predicted molar refractivity (Wildman–Crippen MR) is 71.6 cm³/mol. The summed E-state index contributed by atoms with van der Waals surface area (Å²) in [5, 5.41) is 13.8. The Labute approximate surface area is 122 Å². The van der Waals surface area contributed by atoms with Gasteiger partial charge in [0, 0.05) is 16.6 Å². The number of ether oxygens (including phenoxy) is 1. The Morgan fingerprint density at radius 2 is 2.25 bits per heavy atom. The highest BCUT2D eigenvalue weighted by atomic mass is 79.9. The van der Waals surface area contributed by atoms with Crippen molar-refractivity contribution in [2.24, 2.45) is 0 Å². The van der Waals surface area contributed by atoms with E-state index in [1.165, 1.54) is 12.1 Å². The van der Waals surface area contributed by atoms with Crippen molar-refractivity contribution in [1.82, 2.24) is 10.1 Å². The molecule has 1 fully saturated rings. The van der Waals surface area contributed by atoms with Crippen LogP contribution in [0.15, 0.2) is 27.2 Å². The van der Waals surface area contributed by atoms with Crippen molar-refractivity contribution < 1.29 is 18.8 Å². The Hall–Kier alpha value is -1.31. The largest absolute Gasteiger partial charge is 0.392 e. The van der Waals surface area contributed by atoms with Gasteiger partial charge < -0.3 is 14.4 Å². The SMILES string of the molecule is OC1CCOCC1c1nc(-c2cc(F)ccc2Br)no1. The molecule has 1 aliphatic rings. The quantitative estimate of drug-likeness (QED) is 0.908. The van der Waals surface area contributed by atoms with E-state index >= 15 is 0 Å². The molecule has 0 amide bonds. The highest BCUT2D eigenvalue weighted by Crippen LogP contribution is 2.30. The topological polar surface area (TPSA) is 68.4 Å². The Morgan fingerprint density at radius 3 is 3.05 bits per heavy atom. The molecule has 1 saturated heterocycles. The maximum absolute atomic E-state index is 13.3. The molecule has 1 aromatic heterocycles. The van der Waals surface area contributed by atoms with Crippen LogP contribution in [0.1, 0.15) is 18.2 Å². The normalized spacial score (nSPS) is 22.9. The molecule has 1 N–H and O–H groups in total. The van der Waals surface area contributed by atoms with Crippen LogP contribution in [-0.2, 0) is 4.74 Å². The third kappa shape index (κ3) is 2.61. The Balaban J connectivity index is 1.91. The zero-order chi connectivity index (χ0) is 14.1. The van der Waals surface area contributed by atoms with Gasteiger partial charge in [-0.3, -0.25) is 0 Å². The van der Waals surface area contributed by atoms with E-state index in [1.54, 1.807) is 6.07 Å². The molecule has 2 atom stereocenters. The summed E-state index contributed by atoms with van der Waals surface area (Å²) in [6.45, 7) is 0.862. The molecular formula is C13H12BrFN2O3. The molecule has 106 valence electrons. The second kappa shape index (κ2) is 5.59. The molecule has 0 radical (unpaired) electrons. The third-order valence-corrected chi connectivity index (χ3v) is 3.94. The molecule has 20 heavy (non-hydrogen) atoms. The van der Waals surface area contributed by atoms with E-state index in [0.717, 1.165) is 0 Å². The average molecular weight is 343 g/mol. The summed E-state index contributed by atoms with van der Waals surface area (Å²) < 4.78 is 24.4. The lowest BCUT2D eigenvalue weighted by Crippen LogP contribution is -2.30. The van der Waals surface area contributed by atoms with Crippen LogP contribution >= 0.6 is 15.9 Å². The maximum Gasteiger partial charge on any atom is 0.235 e. The van der Waals surface area contributed by atoms with Crippen LogP contribution in [0.3, 0.4) is 0 Å². The van der Waals surface area contributed by atoms with Crippen molar-refractivity contribution in [2.45, 2.75) is 18.4 Å². The highest BCUT2D eigenvalue weighted by Gasteiger charge is 2.30. The minimum absolute atomic E-state index is 0.282. The zero-order valence-corrected chi connectivity index (χ0v) is 12.0. The van der Waals surface area contributed by atoms with Gasteiger partial charge in [-0.2, -0.15) is 4.98 Å². The van der Waals surface area contributed by atoms with Crippen LogP contribution in [0.25, 0.3) is 11.4 Å². The first-order valence-electron chi connectivity index (χ1n) is 6.20. The molecule has 3 rings (SSSR count). The lowest BCUT2D eigenvalue weighted by molar-refractivity contribution is -0.0149. The van der Waals surface area contributed by atoms with Gasteiger partial charge in [0.2, 0.25) is 11.7 Å². The molecule has 7 heteroatoms. The summed E-state index contributed by atoms with van der Waals surface area (Å²) in [7, 11) is 0. The van der Waals surface area contributed by atoms with Crippen LogP contribution < -0.4 is 0 Å². The molecule has 2 heterocycles. The number of aromatic nitrogens is 2. The summed E-state index contributed by atoms with van der Waals surface area (Å²) in [4.78, 5) is 4.24. The van der Waals surface area contributed by atoms with Gasteiger partial charge >= 0.3 is 0 Å². The van der Waals surface area contributed by atoms with Crippen molar-refractivity contribution in [1.29, 1.82) is 0 Å². The number of halogens is 2. The number of rotatable bonds is 2. The molecule has 1 aromatic carbocycles. The zero-order valence-electron chi connectivity index (χ0n) is 10.4. The van der Waals surface area contributed by atoms with Gasteiger partial charge in [0.15, 0.2) is 0 Å². The van der Waals surface area contributed by atoms with Gasteiger partial charge in [-0.1, -0.05) is 21.1 Å². The molecule has 0 bridgehead atoms. The summed E-state index contributed by atoms with van der Waals surface area (Å²) in [6.07, 6.45) is -0.0283. The van der Waals surface area contributed by atoms with E-state index in [2.05, 4.69) is 26.1 Å². The third-order valence-electron chi connectivity index (χ3n) is 3.25. The number of hydrogen-bond acceptors (Lipinski definition) is 5. The monoisotopic (exact) mass is 342 g/mol. The van der Waals surface area contributed by atoms with Crippen molar-refractivity contribution in [2.75, 3.05) is 13.2 Å². The Kier molecular flexibility index (Phi) is 3.82. The minimum atomic E-state index is -0.562. The molecule has 2 aromatic rings. The molecule has 0 spiro atoms. The van der Waals surface area contributed by atoms with E-state index in [-0.39, 0.29) is 17.6 Å². The molecule has 0 aliphatic carbocycles. The molecular weight excluding hydrogens is 331 g/mol. The summed E-state index contributed by atoms with van der Waals surface area (Å²) in [5.41, 5.74) is 0.506. The lowest BCUT2D eigenvalue weighted by atomic mass is 9.99. The number of aliphatic hydroxyl groups excluding tert-OH is 1. The van der Waals surface area contributed by atoms with Crippen LogP contribution in [0.2, 0.25) is 0 Å². The summed E-state index contributed by atoms with van der Waals surface area (Å²) >= 11 is 3.32. The fourth-order valence-electron chi connectivity index (χ4n) is 2.13. The van der Waals surface area contributed by atoms with E-state index in [4.69, 9.17) is 9.26 Å². The fourth-order valence-corrected chi connectivity index (χ4v) is 2.55. The average Bonchev–Trinajstić information content (AvgIpc) is 2.91. The smallest absolute Gasteiger partial charge is 0.235 e. The highest BCUT2D eigenvalue weighted by molar-refractivity contribution is 9.10. The second-order valence-electron chi connectivity index (χ2n) is 4.62. The molecule has 0 saturated carbocycles. The van der Waals surface area contributed by atoms with Gasteiger partial charge in [0.05, 0.1) is 18.6 Å². The van der Waals surface area contributed by atoms with Gasteiger partial charge in [-0.25, -0.2) is 4.39 Å². The van der Waals surface area contributed by atoms with Crippen molar-refractivity contribution >= 4 is 15.9 Å². The molecule has 2 unspecified atom stereocenters. The van der Waals surface area contributed by atoms with Crippen molar-refractivity contribution in [3.63, 3.8) is 0 Å². The second-order valence-corrected chi connectivity index (χ2v) is 5.47. The van der Waals surface area contributed by atoms with Gasteiger partial charge in [-0.05, 0) is 24.6 Å². The fraction of sp³-hybridized carbons (Fsp3) is 0.385. The maximum atomic E-state index is 13.3.